The number of carbonyl (C=O) groups is 1. The Morgan fingerprint density at radius 3 is 2.65 bits per heavy atom. The molecule has 0 radical (unpaired) electrons. The van der Waals surface area contributed by atoms with Gasteiger partial charge in [0.25, 0.3) is 5.91 Å². The molecule has 0 spiro atoms. The summed E-state index contributed by atoms with van der Waals surface area (Å²) in [7, 11) is 0. The molecule has 1 amide bonds. The van der Waals surface area contributed by atoms with Gasteiger partial charge in [0.1, 0.15) is 0 Å². The number of hydrogen-bond donors (Lipinski definition) is 2. The van der Waals surface area contributed by atoms with Crippen molar-refractivity contribution in [3.8, 4) is 0 Å². The zero-order chi connectivity index (χ0) is 14.5. The van der Waals surface area contributed by atoms with E-state index in [1.165, 1.54) is 12.3 Å². The highest BCUT2D eigenvalue weighted by Gasteiger charge is 2.25. The summed E-state index contributed by atoms with van der Waals surface area (Å²) in [5.41, 5.74) is 0.164. The van der Waals surface area contributed by atoms with Crippen molar-refractivity contribution < 1.29 is 9.90 Å². The van der Waals surface area contributed by atoms with Crippen LogP contribution in [0.4, 0.5) is 0 Å². The maximum atomic E-state index is 12.3. The fourth-order valence-corrected chi connectivity index (χ4v) is 2.55. The summed E-state index contributed by atoms with van der Waals surface area (Å²) in [6.07, 6.45) is 2.39. The molecule has 1 unspecified atom stereocenters. The minimum absolute atomic E-state index is 0.104. The van der Waals surface area contributed by atoms with Gasteiger partial charge < -0.3 is 15.0 Å². The lowest BCUT2D eigenvalue weighted by Gasteiger charge is -2.38. The van der Waals surface area contributed by atoms with Crippen LogP contribution >= 0.6 is 0 Å². The molecular formula is C14H21N3O3. The molecule has 1 aromatic heterocycles. The largest absolute Gasteiger partial charge is 0.395 e. The molecule has 1 fully saturated rings. The molecule has 110 valence electrons. The maximum Gasteiger partial charge on any atom is 0.254 e. The highest BCUT2D eigenvalue weighted by molar-refractivity contribution is 5.94. The molecule has 1 aromatic rings. The van der Waals surface area contributed by atoms with Gasteiger partial charge in [0.05, 0.1) is 6.61 Å². The summed E-state index contributed by atoms with van der Waals surface area (Å²) in [6, 6.07) is 3.13. The van der Waals surface area contributed by atoms with E-state index < -0.39 is 0 Å². The summed E-state index contributed by atoms with van der Waals surface area (Å²) >= 11 is 0. The van der Waals surface area contributed by atoms with Gasteiger partial charge in [0.15, 0.2) is 0 Å². The second kappa shape index (κ2) is 6.67. The predicted octanol–water partition coefficient (Wildman–Crippen LogP) is -0.0964. The number of carbonyl (C=O) groups excluding carboxylic acids is 1. The average Bonchev–Trinajstić information content (AvgIpc) is 2.48. The fraction of sp³-hybridized carbons (Fsp3) is 0.571. The average molecular weight is 279 g/mol. The van der Waals surface area contributed by atoms with Crippen LogP contribution in [0.3, 0.4) is 0 Å². The maximum absolute atomic E-state index is 12.3. The second-order valence-corrected chi connectivity index (χ2v) is 5.01. The number of aromatic nitrogens is 1. The van der Waals surface area contributed by atoms with Crippen molar-refractivity contribution in [3.05, 3.63) is 34.2 Å². The number of aromatic amines is 1. The molecule has 2 rings (SSSR count). The van der Waals surface area contributed by atoms with E-state index in [0.29, 0.717) is 18.7 Å². The molecule has 0 aliphatic carbocycles. The van der Waals surface area contributed by atoms with Crippen LogP contribution in [0.1, 0.15) is 23.7 Å². The molecular weight excluding hydrogens is 258 g/mol. The SMILES string of the molecule is CCC(CO)N1CCN(C(=O)c2cc[nH]c(=O)c2)CC1. The van der Waals surface area contributed by atoms with E-state index in [2.05, 4.69) is 16.8 Å². The van der Waals surface area contributed by atoms with Crippen LogP contribution in [-0.4, -0.2) is 64.6 Å². The number of aliphatic hydroxyl groups excluding tert-OH is 1. The summed E-state index contributed by atoms with van der Waals surface area (Å²) in [5, 5.41) is 9.30. The number of pyridine rings is 1. The Bertz CT molecular complexity index is 502. The minimum atomic E-state index is -0.263. The Morgan fingerprint density at radius 1 is 1.40 bits per heavy atom. The van der Waals surface area contributed by atoms with Crippen LogP contribution in [0, 0.1) is 0 Å². The first-order valence-electron chi connectivity index (χ1n) is 6.98. The molecule has 1 saturated heterocycles. The monoisotopic (exact) mass is 279 g/mol. The van der Waals surface area contributed by atoms with E-state index in [1.54, 1.807) is 11.0 Å². The zero-order valence-corrected chi connectivity index (χ0v) is 11.7. The highest BCUT2D eigenvalue weighted by atomic mass is 16.3. The normalized spacial score (nSPS) is 18.0. The Labute approximate surface area is 118 Å². The first kappa shape index (κ1) is 14.7. The Kier molecular flexibility index (Phi) is 4.92. The standard InChI is InChI=1S/C14H21N3O3/c1-2-12(10-18)16-5-7-17(8-6-16)14(20)11-3-4-15-13(19)9-11/h3-4,9,12,18H,2,5-8,10H2,1H3,(H,15,19). The highest BCUT2D eigenvalue weighted by Crippen LogP contribution is 2.11. The van der Waals surface area contributed by atoms with Gasteiger partial charge in [-0.2, -0.15) is 0 Å². The van der Waals surface area contributed by atoms with E-state index in [0.717, 1.165) is 19.5 Å². The Morgan fingerprint density at radius 2 is 2.10 bits per heavy atom. The minimum Gasteiger partial charge on any atom is -0.395 e. The summed E-state index contributed by atoms with van der Waals surface area (Å²) in [6.45, 7) is 4.97. The van der Waals surface area contributed by atoms with Crippen LogP contribution in [0.2, 0.25) is 0 Å². The molecule has 6 heteroatoms. The molecule has 2 N–H and O–H groups in total. The van der Waals surface area contributed by atoms with Gasteiger partial charge in [-0.3, -0.25) is 14.5 Å². The summed E-state index contributed by atoms with van der Waals surface area (Å²) in [5.74, 6) is -0.104. The van der Waals surface area contributed by atoms with E-state index in [4.69, 9.17) is 0 Å². The van der Waals surface area contributed by atoms with Crippen LogP contribution in [-0.2, 0) is 0 Å². The van der Waals surface area contributed by atoms with Crippen molar-refractivity contribution >= 4 is 5.91 Å². The number of amides is 1. The van der Waals surface area contributed by atoms with Crippen LogP contribution in [0.25, 0.3) is 0 Å². The van der Waals surface area contributed by atoms with Gasteiger partial charge in [-0.15, -0.1) is 0 Å². The Balaban J connectivity index is 1.97. The van der Waals surface area contributed by atoms with Crippen molar-refractivity contribution in [3.63, 3.8) is 0 Å². The van der Waals surface area contributed by atoms with Crippen molar-refractivity contribution in [2.75, 3.05) is 32.8 Å². The van der Waals surface area contributed by atoms with Gasteiger partial charge in [0.2, 0.25) is 5.56 Å². The van der Waals surface area contributed by atoms with Crippen molar-refractivity contribution in [2.24, 2.45) is 0 Å². The number of piperazine rings is 1. The molecule has 1 aliphatic heterocycles. The number of aliphatic hydroxyl groups is 1. The second-order valence-electron chi connectivity index (χ2n) is 5.01. The van der Waals surface area contributed by atoms with E-state index >= 15 is 0 Å². The van der Waals surface area contributed by atoms with E-state index in [9.17, 15) is 14.7 Å². The van der Waals surface area contributed by atoms with Crippen molar-refractivity contribution in [1.82, 2.24) is 14.8 Å². The van der Waals surface area contributed by atoms with Crippen LogP contribution < -0.4 is 5.56 Å². The molecule has 1 atom stereocenters. The van der Waals surface area contributed by atoms with Gasteiger partial charge in [-0.25, -0.2) is 0 Å². The number of rotatable bonds is 4. The molecule has 1 aliphatic rings. The van der Waals surface area contributed by atoms with Gasteiger partial charge in [-0.1, -0.05) is 6.92 Å². The third kappa shape index (κ3) is 3.26. The van der Waals surface area contributed by atoms with Gasteiger partial charge >= 0.3 is 0 Å². The first-order valence-corrected chi connectivity index (χ1v) is 6.98. The lowest BCUT2D eigenvalue weighted by molar-refractivity contribution is 0.0472. The number of hydrogen-bond acceptors (Lipinski definition) is 4. The topological polar surface area (TPSA) is 76.6 Å². The third-order valence-corrected chi connectivity index (χ3v) is 3.82. The van der Waals surface area contributed by atoms with Gasteiger partial charge in [0, 0.05) is 50.0 Å². The number of nitrogens with one attached hydrogen (secondary N) is 1. The molecule has 20 heavy (non-hydrogen) atoms. The summed E-state index contributed by atoms with van der Waals surface area (Å²) < 4.78 is 0. The van der Waals surface area contributed by atoms with Gasteiger partial charge in [-0.05, 0) is 12.5 Å². The number of nitrogens with zero attached hydrogens (tertiary/aromatic N) is 2. The molecule has 2 heterocycles. The van der Waals surface area contributed by atoms with E-state index in [-0.39, 0.29) is 24.1 Å². The number of H-pyrrole nitrogens is 1. The zero-order valence-electron chi connectivity index (χ0n) is 11.7. The lowest BCUT2D eigenvalue weighted by atomic mass is 10.1. The third-order valence-electron chi connectivity index (χ3n) is 3.82. The van der Waals surface area contributed by atoms with Crippen LogP contribution in [0.15, 0.2) is 23.1 Å². The molecule has 0 aromatic carbocycles. The lowest BCUT2D eigenvalue weighted by Crippen LogP contribution is -2.52. The van der Waals surface area contributed by atoms with E-state index in [1.807, 2.05) is 0 Å². The Hall–Kier alpha value is -1.66. The molecule has 6 nitrogen and oxygen atoms in total. The van der Waals surface area contributed by atoms with Crippen molar-refractivity contribution in [1.29, 1.82) is 0 Å². The predicted molar refractivity (Wildman–Crippen MR) is 75.7 cm³/mol. The van der Waals surface area contributed by atoms with Crippen LogP contribution in [0.5, 0.6) is 0 Å². The fourth-order valence-electron chi connectivity index (χ4n) is 2.55. The molecule has 0 bridgehead atoms. The molecule has 0 saturated carbocycles. The first-order chi connectivity index (χ1) is 9.65. The quantitative estimate of drug-likeness (QED) is 0.807. The smallest absolute Gasteiger partial charge is 0.254 e. The summed E-state index contributed by atoms with van der Waals surface area (Å²) in [4.78, 5) is 30.0. The van der Waals surface area contributed by atoms with Crippen molar-refractivity contribution in [2.45, 2.75) is 19.4 Å².